The fourth-order valence-corrected chi connectivity index (χ4v) is 4.86. The van der Waals surface area contributed by atoms with E-state index in [-0.39, 0.29) is 24.2 Å². The molecule has 0 saturated heterocycles. The van der Waals surface area contributed by atoms with Crippen LogP contribution in [0, 0.1) is 23.7 Å². The Balaban J connectivity index is 1.73. The molecule has 0 heterocycles. The molecule has 0 aromatic rings. The molecule has 4 heteroatoms. The number of hydrogen-bond donors (Lipinski definition) is 1. The first kappa shape index (κ1) is 23.0. The lowest BCUT2D eigenvalue weighted by molar-refractivity contribution is -0.127. The number of aliphatic hydroxyl groups excluding tert-OH is 1. The molecule has 2 aliphatic rings. The topological polar surface area (TPSA) is 63.6 Å². The predicted octanol–water partition coefficient (Wildman–Crippen LogP) is 4.66. The average Bonchev–Trinajstić information content (AvgIpc) is 3.14. The first-order chi connectivity index (χ1) is 13.4. The molecule has 4 nitrogen and oxygen atoms in total. The fourth-order valence-electron chi connectivity index (χ4n) is 4.86. The van der Waals surface area contributed by atoms with E-state index in [2.05, 4.69) is 32.9 Å². The molecule has 0 radical (unpaired) electrons. The minimum absolute atomic E-state index is 0.146. The molecular formula is C24H38O4. The zero-order valence-electron chi connectivity index (χ0n) is 17.9. The summed E-state index contributed by atoms with van der Waals surface area (Å²) in [7, 11) is 0. The molecule has 1 fully saturated rings. The molecule has 2 aliphatic carbocycles. The van der Waals surface area contributed by atoms with Gasteiger partial charge in [-0.25, -0.2) is 0 Å². The smallest absolute Gasteiger partial charge is 0.145 e. The fraction of sp³-hybridized carbons (Fsp3) is 0.750. The molecule has 158 valence electrons. The normalized spacial score (nSPS) is 27.2. The number of hydrogen-bond acceptors (Lipinski definition) is 4. The van der Waals surface area contributed by atoms with Crippen molar-refractivity contribution in [1.29, 1.82) is 0 Å². The van der Waals surface area contributed by atoms with E-state index in [4.69, 9.17) is 4.74 Å². The maximum atomic E-state index is 12.8. The number of ketones is 1. The zero-order chi connectivity index (χ0) is 20.5. The Morgan fingerprint density at radius 3 is 2.86 bits per heavy atom. The summed E-state index contributed by atoms with van der Waals surface area (Å²) in [6, 6.07) is 0. The van der Waals surface area contributed by atoms with Gasteiger partial charge in [0.2, 0.25) is 0 Å². The van der Waals surface area contributed by atoms with E-state index in [1.807, 2.05) is 0 Å². The minimum Gasteiger partial charge on any atom is -0.392 e. The lowest BCUT2D eigenvalue weighted by Crippen LogP contribution is -2.28. The first-order valence-corrected chi connectivity index (χ1v) is 11.0. The van der Waals surface area contributed by atoms with Gasteiger partial charge in [-0.15, -0.1) is 0 Å². The molecule has 0 spiro atoms. The molecular weight excluding hydrogens is 352 g/mol. The van der Waals surface area contributed by atoms with E-state index in [1.54, 1.807) is 0 Å². The Morgan fingerprint density at radius 2 is 2.14 bits per heavy atom. The van der Waals surface area contributed by atoms with Crippen molar-refractivity contribution < 1.29 is 19.4 Å². The van der Waals surface area contributed by atoms with Crippen molar-refractivity contribution in [3.63, 3.8) is 0 Å². The summed E-state index contributed by atoms with van der Waals surface area (Å²) in [6.07, 6.45) is 12.1. The van der Waals surface area contributed by atoms with Gasteiger partial charge in [-0.3, -0.25) is 4.79 Å². The Bertz CT molecular complexity index is 573. The van der Waals surface area contributed by atoms with Gasteiger partial charge in [-0.2, -0.15) is 0 Å². The molecule has 1 N–H and O–H groups in total. The third kappa shape index (κ3) is 6.97. The van der Waals surface area contributed by atoms with Crippen molar-refractivity contribution in [1.82, 2.24) is 0 Å². The van der Waals surface area contributed by atoms with E-state index in [1.165, 1.54) is 17.6 Å². The first-order valence-electron chi connectivity index (χ1n) is 11.0. The van der Waals surface area contributed by atoms with Gasteiger partial charge in [0.1, 0.15) is 18.7 Å². The monoisotopic (exact) mass is 390 g/mol. The number of rotatable bonds is 13. The summed E-state index contributed by atoms with van der Waals surface area (Å²) in [5.41, 5.74) is 2.69. The molecule has 0 aromatic heterocycles. The quantitative estimate of drug-likeness (QED) is 0.282. The van der Waals surface area contributed by atoms with Crippen molar-refractivity contribution in [2.75, 3.05) is 13.2 Å². The maximum absolute atomic E-state index is 12.8. The third-order valence-electron chi connectivity index (χ3n) is 6.34. The van der Waals surface area contributed by atoms with Gasteiger partial charge >= 0.3 is 0 Å². The van der Waals surface area contributed by atoms with Crippen LogP contribution in [0.1, 0.15) is 72.1 Å². The van der Waals surface area contributed by atoms with Crippen molar-refractivity contribution in [3.8, 4) is 0 Å². The highest BCUT2D eigenvalue weighted by Crippen LogP contribution is 2.48. The zero-order valence-corrected chi connectivity index (χ0v) is 17.9. The van der Waals surface area contributed by atoms with Crippen LogP contribution in [-0.4, -0.2) is 36.5 Å². The SMILES string of the molecule is CC(C)=CCC[C@@H](C)CCCC(=O)[C@@H]1[C@@H]2CC(CCOCC=O)=C[C@@H]2C[C@H]1O. The molecule has 28 heavy (non-hydrogen) atoms. The summed E-state index contributed by atoms with van der Waals surface area (Å²) in [6.45, 7) is 7.22. The molecule has 0 aliphatic heterocycles. The largest absolute Gasteiger partial charge is 0.392 e. The summed E-state index contributed by atoms with van der Waals surface area (Å²) in [5, 5.41) is 10.5. The van der Waals surface area contributed by atoms with E-state index in [9.17, 15) is 14.7 Å². The summed E-state index contributed by atoms with van der Waals surface area (Å²) in [5.74, 6) is 1.28. The van der Waals surface area contributed by atoms with E-state index < -0.39 is 6.10 Å². The van der Waals surface area contributed by atoms with Crippen molar-refractivity contribution in [2.45, 2.75) is 78.2 Å². The highest BCUT2D eigenvalue weighted by atomic mass is 16.5. The maximum Gasteiger partial charge on any atom is 0.145 e. The lowest BCUT2D eigenvalue weighted by Gasteiger charge is -2.21. The van der Waals surface area contributed by atoms with Crippen LogP contribution in [0.15, 0.2) is 23.3 Å². The molecule has 0 unspecified atom stereocenters. The van der Waals surface area contributed by atoms with Crippen LogP contribution in [0.2, 0.25) is 0 Å². The third-order valence-corrected chi connectivity index (χ3v) is 6.34. The van der Waals surface area contributed by atoms with Gasteiger partial charge in [0.15, 0.2) is 0 Å². The number of carbonyl (C=O) groups excluding carboxylic acids is 2. The van der Waals surface area contributed by atoms with Crippen molar-refractivity contribution in [3.05, 3.63) is 23.3 Å². The Labute approximate surface area is 170 Å². The van der Waals surface area contributed by atoms with Gasteiger partial charge in [0, 0.05) is 12.3 Å². The van der Waals surface area contributed by atoms with Crippen LogP contribution in [0.3, 0.4) is 0 Å². The molecule has 0 bridgehead atoms. The van der Waals surface area contributed by atoms with Crippen LogP contribution >= 0.6 is 0 Å². The van der Waals surface area contributed by atoms with Crippen LogP contribution in [0.4, 0.5) is 0 Å². The van der Waals surface area contributed by atoms with Crippen molar-refractivity contribution in [2.24, 2.45) is 23.7 Å². The van der Waals surface area contributed by atoms with Crippen LogP contribution in [-0.2, 0) is 14.3 Å². The van der Waals surface area contributed by atoms with Crippen molar-refractivity contribution >= 4 is 12.1 Å². The predicted molar refractivity (Wildman–Crippen MR) is 112 cm³/mol. The second-order valence-corrected chi connectivity index (χ2v) is 9.00. The summed E-state index contributed by atoms with van der Waals surface area (Å²) >= 11 is 0. The number of allylic oxidation sites excluding steroid dienone is 3. The van der Waals surface area contributed by atoms with Gasteiger partial charge < -0.3 is 14.6 Å². The standard InChI is InChI=1S/C24H38O4/c1-17(2)6-4-7-18(3)8-5-9-22(26)24-21-15-19(10-12-28-13-11-25)14-20(21)16-23(24)27/h6,11,14,18,20-21,23-24,27H,4-5,7-10,12-13,15-16H2,1-3H3/t18-,20-,21-,23-,24+/m1/s1. The van der Waals surface area contributed by atoms with Crippen LogP contribution in [0.5, 0.6) is 0 Å². The van der Waals surface area contributed by atoms with E-state index >= 15 is 0 Å². The Kier molecular flexibility index (Phi) is 9.60. The Hall–Kier alpha value is -1.26. The number of ether oxygens (including phenoxy) is 1. The number of Topliss-reactive ketones (excluding diaryl/α,β-unsaturated/α-hetero) is 1. The van der Waals surface area contributed by atoms with E-state index in [0.717, 1.165) is 38.4 Å². The summed E-state index contributed by atoms with van der Waals surface area (Å²) in [4.78, 5) is 23.1. The van der Waals surface area contributed by atoms with Gasteiger partial charge in [-0.1, -0.05) is 36.6 Å². The molecule has 5 atom stereocenters. The number of aldehydes is 1. The number of carbonyl (C=O) groups is 2. The average molecular weight is 391 g/mol. The van der Waals surface area contributed by atoms with E-state index in [0.29, 0.717) is 31.3 Å². The number of fused-ring (bicyclic) bond motifs is 1. The molecule has 1 saturated carbocycles. The van der Waals surface area contributed by atoms with Gasteiger partial charge in [-0.05, 0) is 70.1 Å². The summed E-state index contributed by atoms with van der Waals surface area (Å²) < 4.78 is 5.25. The molecule has 2 rings (SSSR count). The molecule has 0 aromatic carbocycles. The molecule has 0 amide bonds. The Morgan fingerprint density at radius 1 is 1.36 bits per heavy atom. The highest BCUT2D eigenvalue weighted by molar-refractivity contribution is 5.82. The van der Waals surface area contributed by atoms with Crippen LogP contribution in [0.25, 0.3) is 0 Å². The second kappa shape index (κ2) is 11.7. The highest BCUT2D eigenvalue weighted by Gasteiger charge is 2.47. The number of aliphatic hydroxyl groups is 1. The van der Waals surface area contributed by atoms with Gasteiger partial charge in [0.25, 0.3) is 0 Å². The van der Waals surface area contributed by atoms with Gasteiger partial charge in [0.05, 0.1) is 12.7 Å². The second-order valence-electron chi connectivity index (χ2n) is 9.00. The minimum atomic E-state index is -0.485. The van der Waals surface area contributed by atoms with Crippen LogP contribution < -0.4 is 0 Å². The lowest BCUT2D eigenvalue weighted by atomic mass is 9.84.